The lowest BCUT2D eigenvalue weighted by Crippen LogP contribution is -2.61. The summed E-state index contributed by atoms with van der Waals surface area (Å²) in [6.07, 6.45) is 3.78. The van der Waals surface area contributed by atoms with Crippen LogP contribution < -0.4 is 10.6 Å². The molecule has 6 nitrogen and oxygen atoms in total. The average Bonchev–Trinajstić information content (AvgIpc) is 2.85. The highest BCUT2D eigenvalue weighted by Crippen LogP contribution is 2.43. The minimum Gasteiger partial charge on any atom is -0.335 e. The van der Waals surface area contributed by atoms with E-state index in [-0.39, 0.29) is 5.60 Å². The first kappa shape index (κ1) is 15.7. The van der Waals surface area contributed by atoms with E-state index < -0.39 is 6.35 Å². The van der Waals surface area contributed by atoms with Crippen LogP contribution in [0.5, 0.6) is 0 Å². The lowest BCUT2D eigenvalue weighted by atomic mass is 9.75. The molecular weight excluding hydrogens is 358 g/mol. The molecular formula is C16H24BrN5O. The number of nitrogens with two attached hydrogens (primary N) is 1. The number of aromatic nitrogens is 2. The fourth-order valence-electron chi connectivity index (χ4n) is 4.26. The van der Waals surface area contributed by atoms with Gasteiger partial charge in [-0.1, -0.05) is 13.8 Å². The zero-order chi connectivity index (χ0) is 16.2. The summed E-state index contributed by atoms with van der Waals surface area (Å²) in [6, 6.07) is 0. The maximum atomic E-state index is 6.31. The summed E-state index contributed by atoms with van der Waals surface area (Å²) in [5, 5.41) is 0. The highest BCUT2D eigenvalue weighted by atomic mass is 79.9. The fourth-order valence-corrected chi connectivity index (χ4v) is 4.90. The molecule has 0 aromatic carbocycles. The van der Waals surface area contributed by atoms with Crippen molar-refractivity contribution in [1.82, 2.24) is 14.9 Å². The van der Waals surface area contributed by atoms with Crippen molar-refractivity contribution >= 4 is 21.9 Å². The second-order valence-electron chi connectivity index (χ2n) is 7.31. The average molecular weight is 382 g/mol. The molecule has 2 unspecified atom stereocenters. The summed E-state index contributed by atoms with van der Waals surface area (Å²) < 4.78 is 7.24. The van der Waals surface area contributed by atoms with Crippen LogP contribution in [0.25, 0.3) is 0 Å². The lowest BCUT2D eigenvalue weighted by Gasteiger charge is -2.50. The fraction of sp³-hybridized carbons (Fsp3) is 0.750. The van der Waals surface area contributed by atoms with Gasteiger partial charge >= 0.3 is 0 Å². The number of piperidine rings is 3. The predicted octanol–water partition coefficient (Wildman–Crippen LogP) is 1.91. The first-order valence-electron chi connectivity index (χ1n) is 8.43. The molecule has 2 atom stereocenters. The van der Waals surface area contributed by atoms with Crippen molar-refractivity contribution in [2.24, 2.45) is 11.7 Å². The van der Waals surface area contributed by atoms with Gasteiger partial charge in [-0.2, -0.15) is 0 Å². The summed E-state index contributed by atoms with van der Waals surface area (Å²) in [4.78, 5) is 13.8. The van der Waals surface area contributed by atoms with E-state index >= 15 is 0 Å². The second-order valence-corrected chi connectivity index (χ2v) is 8.16. The molecule has 4 fully saturated rings. The number of hydrogen-bond donors (Lipinski definition) is 1. The number of rotatable bonds is 2. The van der Waals surface area contributed by atoms with E-state index in [2.05, 4.69) is 39.7 Å². The standard InChI is InChI=1S/C16H24BrN5O/c1-10(2)13-12(17)7-19-15(20-13)22-9-16(23-14(22)18)8-21-5-3-11(16)4-6-21/h7,10-11,14H,3-6,8-9,18H2,1-2H3. The number of ether oxygens (including phenoxy) is 1. The van der Waals surface area contributed by atoms with Crippen molar-refractivity contribution in [3.05, 3.63) is 16.4 Å². The van der Waals surface area contributed by atoms with Gasteiger partial charge in [0.15, 0.2) is 6.35 Å². The van der Waals surface area contributed by atoms with Crippen molar-refractivity contribution in [3.63, 3.8) is 0 Å². The Morgan fingerprint density at radius 3 is 2.70 bits per heavy atom. The molecule has 4 aliphatic heterocycles. The van der Waals surface area contributed by atoms with E-state index in [1.165, 1.54) is 25.9 Å². The second kappa shape index (κ2) is 5.65. The Bertz CT molecular complexity index is 604. The van der Waals surface area contributed by atoms with Gasteiger partial charge in [0, 0.05) is 12.7 Å². The monoisotopic (exact) mass is 381 g/mol. The van der Waals surface area contributed by atoms with Crippen LogP contribution in [0.3, 0.4) is 0 Å². The van der Waals surface area contributed by atoms with E-state index in [4.69, 9.17) is 15.5 Å². The maximum absolute atomic E-state index is 6.31. The minimum atomic E-state index is -0.461. The Hall–Kier alpha value is -0.760. The molecule has 0 saturated carbocycles. The van der Waals surface area contributed by atoms with Crippen molar-refractivity contribution in [3.8, 4) is 0 Å². The number of anilines is 1. The van der Waals surface area contributed by atoms with Crippen LogP contribution in [0.1, 0.15) is 38.3 Å². The van der Waals surface area contributed by atoms with Crippen LogP contribution in [-0.2, 0) is 4.74 Å². The zero-order valence-corrected chi connectivity index (χ0v) is 15.3. The SMILES string of the molecule is CC(C)c1nc(N2CC3(CN4CCC3CC4)OC2N)ncc1Br. The van der Waals surface area contributed by atoms with E-state index in [1.807, 2.05) is 11.1 Å². The first-order valence-corrected chi connectivity index (χ1v) is 9.23. The van der Waals surface area contributed by atoms with E-state index in [0.29, 0.717) is 17.8 Å². The summed E-state index contributed by atoms with van der Waals surface area (Å²) >= 11 is 3.54. The molecule has 126 valence electrons. The third-order valence-corrected chi connectivity index (χ3v) is 6.10. The van der Waals surface area contributed by atoms with Crippen molar-refractivity contribution in [2.45, 2.75) is 44.6 Å². The predicted molar refractivity (Wildman–Crippen MR) is 92.1 cm³/mol. The molecule has 2 bridgehead atoms. The smallest absolute Gasteiger partial charge is 0.228 e. The Labute approximate surface area is 145 Å². The molecule has 1 spiro atoms. The third-order valence-electron chi connectivity index (χ3n) is 5.49. The van der Waals surface area contributed by atoms with Crippen LogP contribution in [0.4, 0.5) is 5.95 Å². The number of hydrogen-bond acceptors (Lipinski definition) is 6. The van der Waals surface area contributed by atoms with Crippen LogP contribution in [0.15, 0.2) is 10.7 Å². The number of halogens is 1. The third kappa shape index (κ3) is 2.58. The molecule has 23 heavy (non-hydrogen) atoms. The first-order chi connectivity index (χ1) is 11.0. The summed E-state index contributed by atoms with van der Waals surface area (Å²) in [5.74, 6) is 1.61. The molecule has 0 amide bonds. The topological polar surface area (TPSA) is 67.5 Å². The molecule has 2 N–H and O–H groups in total. The van der Waals surface area contributed by atoms with Gasteiger partial charge in [0.05, 0.1) is 16.7 Å². The molecule has 1 aromatic heterocycles. The number of nitrogens with zero attached hydrogens (tertiary/aromatic N) is 4. The van der Waals surface area contributed by atoms with Gasteiger partial charge in [-0.25, -0.2) is 9.97 Å². The van der Waals surface area contributed by atoms with Crippen LogP contribution in [-0.4, -0.2) is 53.0 Å². The summed E-state index contributed by atoms with van der Waals surface area (Å²) in [5.41, 5.74) is 7.17. The summed E-state index contributed by atoms with van der Waals surface area (Å²) in [7, 11) is 0. The quantitative estimate of drug-likeness (QED) is 0.843. The van der Waals surface area contributed by atoms with Gasteiger partial charge in [-0.3, -0.25) is 10.6 Å². The van der Waals surface area contributed by atoms with Gasteiger partial charge in [-0.15, -0.1) is 0 Å². The number of fused-ring (bicyclic) bond motifs is 2. The maximum Gasteiger partial charge on any atom is 0.228 e. The Balaban J connectivity index is 1.62. The summed E-state index contributed by atoms with van der Waals surface area (Å²) in [6.45, 7) is 8.41. The molecule has 1 aromatic rings. The van der Waals surface area contributed by atoms with Crippen molar-refractivity contribution in [2.75, 3.05) is 31.1 Å². The van der Waals surface area contributed by atoms with Gasteiger partial charge in [0.2, 0.25) is 5.95 Å². The van der Waals surface area contributed by atoms with E-state index in [9.17, 15) is 0 Å². The van der Waals surface area contributed by atoms with Gasteiger partial charge in [-0.05, 0) is 53.7 Å². The molecule has 5 heterocycles. The van der Waals surface area contributed by atoms with Gasteiger partial charge < -0.3 is 9.64 Å². The van der Waals surface area contributed by atoms with Gasteiger partial charge in [0.1, 0.15) is 5.60 Å². The van der Waals surface area contributed by atoms with Crippen molar-refractivity contribution < 1.29 is 4.74 Å². The highest BCUT2D eigenvalue weighted by molar-refractivity contribution is 9.10. The molecule has 7 heteroatoms. The van der Waals surface area contributed by atoms with Gasteiger partial charge in [0.25, 0.3) is 0 Å². The Morgan fingerprint density at radius 1 is 1.35 bits per heavy atom. The Kier molecular flexibility index (Phi) is 3.87. The van der Waals surface area contributed by atoms with Crippen molar-refractivity contribution in [1.29, 1.82) is 0 Å². The lowest BCUT2D eigenvalue weighted by molar-refractivity contribution is -0.137. The normalized spacial score (nSPS) is 36.4. The van der Waals surface area contributed by atoms with Crippen LogP contribution >= 0.6 is 15.9 Å². The molecule has 5 rings (SSSR count). The van der Waals surface area contributed by atoms with Crippen LogP contribution in [0.2, 0.25) is 0 Å². The molecule has 4 saturated heterocycles. The largest absolute Gasteiger partial charge is 0.335 e. The molecule has 0 aliphatic carbocycles. The molecule has 4 aliphatic rings. The van der Waals surface area contributed by atoms with E-state index in [0.717, 1.165) is 23.3 Å². The van der Waals surface area contributed by atoms with Crippen LogP contribution in [0, 0.1) is 5.92 Å². The Morgan fingerprint density at radius 2 is 2.09 bits per heavy atom. The van der Waals surface area contributed by atoms with E-state index in [1.54, 1.807) is 0 Å². The minimum absolute atomic E-state index is 0.148. The zero-order valence-electron chi connectivity index (χ0n) is 13.7. The highest BCUT2D eigenvalue weighted by Gasteiger charge is 2.54. The molecule has 0 radical (unpaired) electrons.